The summed E-state index contributed by atoms with van der Waals surface area (Å²) in [6, 6.07) is 0. The minimum Gasteiger partial charge on any atom is -0.462 e. The number of rotatable bonds is 52. The number of hydrogen-bond donors (Lipinski definition) is 0. The van der Waals surface area contributed by atoms with Crippen molar-refractivity contribution in [2.75, 3.05) is 13.2 Å². The molecule has 0 saturated heterocycles. The second kappa shape index (κ2) is 58.6. The van der Waals surface area contributed by atoms with Gasteiger partial charge in [0.1, 0.15) is 13.2 Å². The van der Waals surface area contributed by atoms with Crippen molar-refractivity contribution in [2.45, 2.75) is 271 Å². The molecule has 404 valence electrons. The number of ether oxygens (including phenoxy) is 3. The third-order valence-electron chi connectivity index (χ3n) is 12.2. The Morgan fingerprint density at radius 1 is 0.282 bits per heavy atom. The highest BCUT2D eigenvalue weighted by atomic mass is 16.6. The zero-order chi connectivity index (χ0) is 51.4. The van der Waals surface area contributed by atoms with Crippen molar-refractivity contribution in [3.05, 3.63) is 109 Å². The zero-order valence-electron chi connectivity index (χ0n) is 46.2. The number of esters is 3. The van der Waals surface area contributed by atoms with E-state index < -0.39 is 6.10 Å². The van der Waals surface area contributed by atoms with Gasteiger partial charge in [0.15, 0.2) is 6.10 Å². The normalized spacial score (nSPS) is 12.9. The molecule has 0 aliphatic rings. The lowest BCUT2D eigenvalue weighted by atomic mass is 10.1. The predicted octanol–water partition coefficient (Wildman–Crippen LogP) is 19.9. The third kappa shape index (κ3) is 56.9. The zero-order valence-corrected chi connectivity index (χ0v) is 46.2. The molecule has 0 rings (SSSR count). The molecule has 0 fully saturated rings. The average Bonchev–Trinajstić information content (AvgIpc) is 3.37. The van der Waals surface area contributed by atoms with Crippen molar-refractivity contribution in [2.24, 2.45) is 0 Å². The maximum absolute atomic E-state index is 12.8. The number of unbranched alkanes of at least 4 members (excludes halogenated alkanes) is 23. The molecule has 0 radical (unpaired) electrons. The van der Waals surface area contributed by atoms with E-state index in [0.717, 1.165) is 96.3 Å². The van der Waals surface area contributed by atoms with Gasteiger partial charge in [0.2, 0.25) is 0 Å². The highest BCUT2D eigenvalue weighted by Crippen LogP contribution is 2.14. The Balaban J connectivity index is 4.52. The molecule has 1 atom stereocenters. The maximum atomic E-state index is 12.8. The molecule has 0 bridgehead atoms. The van der Waals surface area contributed by atoms with E-state index in [1.165, 1.54) is 122 Å². The molecule has 6 heteroatoms. The number of allylic oxidation sites excluding steroid dienone is 18. The van der Waals surface area contributed by atoms with E-state index in [0.29, 0.717) is 19.3 Å². The van der Waals surface area contributed by atoms with Crippen LogP contribution in [0.3, 0.4) is 0 Å². The number of carbonyl (C=O) groups excluding carboxylic acids is 3. The molecule has 0 saturated carbocycles. The summed E-state index contributed by atoms with van der Waals surface area (Å²) in [6.07, 6.45) is 79.3. The SMILES string of the molecule is CCCCC/C=C\C/C=C\C/C=C\C/C=C\CCCC(=O)O[C@@H](COC(=O)CCCCCC/C=C\C/C=C\C/C=C\CCCCC)COC(=O)CCCCCCCCCCC/C=C\C/C=C\CCCCC. The molecule has 6 nitrogen and oxygen atoms in total. The quantitative estimate of drug-likeness (QED) is 0.0261. The van der Waals surface area contributed by atoms with Crippen LogP contribution >= 0.6 is 0 Å². The fourth-order valence-corrected chi connectivity index (χ4v) is 7.77. The summed E-state index contributed by atoms with van der Waals surface area (Å²) < 4.78 is 16.8. The van der Waals surface area contributed by atoms with E-state index in [9.17, 15) is 14.4 Å². The lowest BCUT2D eigenvalue weighted by molar-refractivity contribution is -0.167. The molecule has 0 spiro atoms. The minimum absolute atomic E-state index is 0.111. The van der Waals surface area contributed by atoms with Gasteiger partial charge in [-0.05, 0) is 128 Å². The van der Waals surface area contributed by atoms with Crippen molar-refractivity contribution < 1.29 is 28.6 Å². The van der Waals surface area contributed by atoms with E-state index in [4.69, 9.17) is 14.2 Å². The van der Waals surface area contributed by atoms with Gasteiger partial charge in [0.25, 0.3) is 0 Å². The van der Waals surface area contributed by atoms with Crippen LogP contribution < -0.4 is 0 Å². The van der Waals surface area contributed by atoms with Crippen LogP contribution in [0.25, 0.3) is 0 Å². The van der Waals surface area contributed by atoms with Gasteiger partial charge in [0.05, 0.1) is 0 Å². The summed E-state index contributed by atoms with van der Waals surface area (Å²) >= 11 is 0. The van der Waals surface area contributed by atoms with E-state index >= 15 is 0 Å². The standard InChI is InChI=1S/C65H108O6/c1-4-7-10-13-16-19-22-25-28-31-32-35-37-40-43-46-49-52-55-58-64(67)70-61-62(71-65(68)59-56-53-50-47-44-41-38-34-30-27-24-21-18-15-12-9-6-3)60-69-63(66)57-54-51-48-45-42-39-36-33-29-26-23-20-17-14-11-8-5-2/h16-21,25-30,36,38-39,41,47,50,62H,4-15,22-24,31-35,37,40,42-46,48-49,51-61H2,1-3H3/b19-16-,20-17-,21-18-,28-25-,29-26-,30-27-,39-36-,41-38-,50-47-/t62-/m0/s1. The molecule has 0 aromatic rings. The van der Waals surface area contributed by atoms with Gasteiger partial charge >= 0.3 is 17.9 Å². The molecule has 0 unspecified atom stereocenters. The van der Waals surface area contributed by atoms with Crippen molar-refractivity contribution >= 4 is 17.9 Å². The van der Waals surface area contributed by atoms with Gasteiger partial charge in [0, 0.05) is 19.3 Å². The highest BCUT2D eigenvalue weighted by molar-refractivity contribution is 5.71. The van der Waals surface area contributed by atoms with Crippen LogP contribution in [0.4, 0.5) is 0 Å². The van der Waals surface area contributed by atoms with Gasteiger partial charge in [-0.25, -0.2) is 0 Å². The Kier molecular flexibility index (Phi) is 55.4. The summed E-state index contributed by atoms with van der Waals surface area (Å²) in [6.45, 7) is 6.50. The van der Waals surface area contributed by atoms with Crippen molar-refractivity contribution in [1.29, 1.82) is 0 Å². The van der Waals surface area contributed by atoms with Crippen molar-refractivity contribution in [3.8, 4) is 0 Å². The maximum Gasteiger partial charge on any atom is 0.306 e. The van der Waals surface area contributed by atoms with E-state index in [1.54, 1.807) is 0 Å². The summed E-state index contributed by atoms with van der Waals surface area (Å²) in [7, 11) is 0. The second-order valence-corrected chi connectivity index (χ2v) is 19.2. The molecule has 0 N–H and O–H groups in total. The fraction of sp³-hybridized carbons (Fsp3) is 0.677. The average molecular weight is 986 g/mol. The smallest absolute Gasteiger partial charge is 0.306 e. The molecule has 0 aliphatic heterocycles. The Morgan fingerprint density at radius 2 is 0.521 bits per heavy atom. The van der Waals surface area contributed by atoms with E-state index in [-0.39, 0.29) is 37.5 Å². The van der Waals surface area contributed by atoms with Gasteiger partial charge < -0.3 is 14.2 Å². The first-order valence-electron chi connectivity index (χ1n) is 29.4. The summed E-state index contributed by atoms with van der Waals surface area (Å²) in [5, 5.41) is 0. The molecule has 0 aromatic heterocycles. The van der Waals surface area contributed by atoms with Gasteiger partial charge in [-0.2, -0.15) is 0 Å². The fourth-order valence-electron chi connectivity index (χ4n) is 7.77. The molecule has 0 amide bonds. The monoisotopic (exact) mass is 985 g/mol. The van der Waals surface area contributed by atoms with Crippen LogP contribution in [0.2, 0.25) is 0 Å². The molecular weight excluding hydrogens is 877 g/mol. The topological polar surface area (TPSA) is 78.9 Å². The largest absolute Gasteiger partial charge is 0.462 e. The van der Waals surface area contributed by atoms with Crippen LogP contribution in [0.15, 0.2) is 109 Å². The van der Waals surface area contributed by atoms with Gasteiger partial charge in [-0.3, -0.25) is 14.4 Å². The first-order chi connectivity index (χ1) is 35.0. The second-order valence-electron chi connectivity index (χ2n) is 19.2. The van der Waals surface area contributed by atoms with Crippen molar-refractivity contribution in [1.82, 2.24) is 0 Å². The lowest BCUT2D eigenvalue weighted by Crippen LogP contribution is -2.30. The molecule has 0 aliphatic carbocycles. The number of carbonyl (C=O) groups is 3. The summed E-state index contributed by atoms with van der Waals surface area (Å²) in [5.74, 6) is -0.992. The summed E-state index contributed by atoms with van der Waals surface area (Å²) in [4.78, 5) is 38.2. The van der Waals surface area contributed by atoms with Gasteiger partial charge in [-0.15, -0.1) is 0 Å². The van der Waals surface area contributed by atoms with Crippen LogP contribution in [0.5, 0.6) is 0 Å². The molecular formula is C65H108O6. The summed E-state index contributed by atoms with van der Waals surface area (Å²) in [5.41, 5.74) is 0. The van der Waals surface area contributed by atoms with Crippen LogP contribution in [0, 0.1) is 0 Å². The van der Waals surface area contributed by atoms with Crippen molar-refractivity contribution in [3.63, 3.8) is 0 Å². The van der Waals surface area contributed by atoms with E-state index in [2.05, 4.69) is 130 Å². The van der Waals surface area contributed by atoms with E-state index in [1.807, 2.05) is 0 Å². The molecule has 71 heavy (non-hydrogen) atoms. The first-order valence-corrected chi connectivity index (χ1v) is 29.4. The molecule has 0 aromatic carbocycles. The third-order valence-corrected chi connectivity index (χ3v) is 12.2. The lowest BCUT2D eigenvalue weighted by Gasteiger charge is -2.18. The van der Waals surface area contributed by atoms with Crippen LogP contribution in [0.1, 0.15) is 265 Å². The number of hydrogen-bond acceptors (Lipinski definition) is 6. The highest BCUT2D eigenvalue weighted by Gasteiger charge is 2.19. The Bertz CT molecular complexity index is 1460. The Labute approximate surface area is 438 Å². The minimum atomic E-state index is -0.820. The molecule has 0 heterocycles. The van der Waals surface area contributed by atoms with Crippen LogP contribution in [-0.4, -0.2) is 37.2 Å². The Morgan fingerprint density at radius 3 is 0.831 bits per heavy atom. The van der Waals surface area contributed by atoms with Gasteiger partial charge in [-0.1, -0.05) is 226 Å². The Hall–Kier alpha value is -3.93. The predicted molar refractivity (Wildman–Crippen MR) is 307 cm³/mol. The van der Waals surface area contributed by atoms with Crippen LogP contribution in [-0.2, 0) is 28.6 Å². The first kappa shape index (κ1) is 67.1.